The topological polar surface area (TPSA) is 192 Å². The van der Waals surface area contributed by atoms with Gasteiger partial charge in [-0.05, 0) is 90.1 Å². The van der Waals surface area contributed by atoms with E-state index < -0.39 is 68.8 Å². The second-order valence-corrected chi connectivity index (χ2v) is 18.4. The molecule has 0 bridgehead atoms. The average Bonchev–Trinajstić information content (AvgIpc) is 3.44. The largest absolute Gasteiger partial charge is 0.478 e. The number of benzene rings is 3. The fraction of sp³-hybridized carbons (Fsp3) is 0.452. The predicted octanol–water partition coefficient (Wildman–Crippen LogP) is 4.47. The zero-order valence-electron chi connectivity index (χ0n) is 32.3. The van der Waals surface area contributed by atoms with E-state index >= 15 is 0 Å². The normalized spacial score (nSPS) is 24.1. The van der Waals surface area contributed by atoms with Crippen molar-refractivity contribution in [2.75, 3.05) is 6.54 Å². The Hall–Kier alpha value is -5.28. The van der Waals surface area contributed by atoms with Gasteiger partial charge in [-0.1, -0.05) is 63.2 Å². The average molecular weight is 800 g/mol. The monoisotopic (exact) mass is 799 g/mol. The Bertz CT molecular complexity index is 2190. The molecular weight excluding hydrogens is 751 g/mol. The number of carboxylic acids is 1. The number of amides is 4. The molecule has 4 aliphatic rings. The van der Waals surface area contributed by atoms with Gasteiger partial charge >= 0.3 is 12.1 Å². The van der Waals surface area contributed by atoms with Gasteiger partial charge in [-0.25, -0.2) is 22.7 Å². The lowest BCUT2D eigenvalue weighted by molar-refractivity contribution is -0.142. The van der Waals surface area contributed by atoms with Gasteiger partial charge in [0.15, 0.2) is 0 Å². The fourth-order valence-electron chi connectivity index (χ4n) is 8.60. The lowest BCUT2D eigenvalue weighted by Crippen LogP contribution is -2.60. The van der Waals surface area contributed by atoms with E-state index in [4.69, 9.17) is 4.74 Å². The molecule has 14 nitrogen and oxygen atoms in total. The van der Waals surface area contributed by atoms with Crippen molar-refractivity contribution in [3.05, 3.63) is 90.0 Å². The van der Waals surface area contributed by atoms with Crippen molar-refractivity contribution in [2.45, 2.75) is 107 Å². The zero-order chi connectivity index (χ0) is 40.9. The molecule has 7 rings (SSSR count). The lowest BCUT2D eigenvalue weighted by Gasteiger charge is -2.36. The Morgan fingerprint density at radius 2 is 1.60 bits per heavy atom. The molecule has 302 valence electrons. The molecule has 0 aromatic heterocycles. The Balaban J connectivity index is 1.15. The molecule has 1 saturated heterocycles. The standard InChI is InChI=1S/C42H49N5O9S/c1-5-29-21-42(29,39(52)45-57(54,55)32-18-16-26(17-19-32)38(50)51)44-36(48)33-20-30(46-22-27-12-8-10-25-11-9-13-28(23-46)34(25)27)24-47(33)37(49)35(41(2,3)4)43-40(53)56-31-14-6-7-15-31/h5,8-13,16-19,29-31,33,35H,1,6-7,14-15,20-24H2,2-4H3,(H,43,53)(H,44,48)(H,45,52)(H,50,51)/t29-,30-,33+,35-,42-/m1/s1. The third-order valence-electron chi connectivity index (χ3n) is 11.8. The summed E-state index contributed by atoms with van der Waals surface area (Å²) >= 11 is 0. The van der Waals surface area contributed by atoms with Gasteiger partial charge in [0.25, 0.3) is 15.9 Å². The summed E-state index contributed by atoms with van der Waals surface area (Å²) in [4.78, 5) is 71.0. The van der Waals surface area contributed by atoms with Gasteiger partial charge in [0.1, 0.15) is 23.7 Å². The molecule has 0 spiro atoms. The molecule has 0 radical (unpaired) electrons. The summed E-state index contributed by atoms with van der Waals surface area (Å²) in [6.07, 6.45) is 4.24. The van der Waals surface area contributed by atoms with Gasteiger partial charge in [0.2, 0.25) is 11.8 Å². The van der Waals surface area contributed by atoms with Crippen molar-refractivity contribution in [2.24, 2.45) is 11.3 Å². The van der Waals surface area contributed by atoms with Crippen LogP contribution in [0.25, 0.3) is 10.8 Å². The van der Waals surface area contributed by atoms with Crippen LogP contribution in [0.15, 0.2) is 78.2 Å². The van der Waals surface area contributed by atoms with Crippen LogP contribution in [-0.2, 0) is 42.2 Å². The molecular formula is C42H49N5O9S. The van der Waals surface area contributed by atoms with Crippen LogP contribution >= 0.6 is 0 Å². The molecule has 0 unspecified atom stereocenters. The van der Waals surface area contributed by atoms with E-state index in [1.54, 1.807) is 0 Å². The quantitative estimate of drug-likeness (QED) is 0.201. The minimum Gasteiger partial charge on any atom is -0.478 e. The summed E-state index contributed by atoms with van der Waals surface area (Å²) in [6, 6.07) is 14.3. The molecule has 2 heterocycles. The first-order valence-corrected chi connectivity index (χ1v) is 20.9. The van der Waals surface area contributed by atoms with Crippen LogP contribution in [0, 0.1) is 11.3 Å². The second kappa shape index (κ2) is 15.2. The lowest BCUT2D eigenvalue weighted by atomic mass is 9.85. The van der Waals surface area contributed by atoms with Crippen molar-refractivity contribution in [1.82, 2.24) is 25.2 Å². The highest BCUT2D eigenvalue weighted by Gasteiger charge is 2.61. The number of likely N-dealkylation sites (tertiary alicyclic amines) is 1. The van der Waals surface area contributed by atoms with Crippen molar-refractivity contribution in [1.29, 1.82) is 0 Å². The van der Waals surface area contributed by atoms with Crippen molar-refractivity contribution < 1.29 is 42.2 Å². The van der Waals surface area contributed by atoms with Crippen molar-refractivity contribution >= 4 is 50.6 Å². The summed E-state index contributed by atoms with van der Waals surface area (Å²) in [6.45, 7) is 10.6. The summed E-state index contributed by atoms with van der Waals surface area (Å²) < 4.78 is 34.3. The van der Waals surface area contributed by atoms with Crippen molar-refractivity contribution in [3.8, 4) is 0 Å². The molecule has 4 N–H and O–H groups in total. The maximum Gasteiger partial charge on any atom is 0.408 e. The molecule has 3 fully saturated rings. The second-order valence-electron chi connectivity index (χ2n) is 16.8. The third-order valence-corrected chi connectivity index (χ3v) is 13.2. The summed E-state index contributed by atoms with van der Waals surface area (Å²) in [5.74, 6) is -3.96. The number of carbonyl (C=O) groups is 5. The van der Waals surface area contributed by atoms with Crippen LogP contribution in [0.5, 0.6) is 0 Å². The number of hydrogen-bond donors (Lipinski definition) is 4. The molecule has 2 saturated carbocycles. The minimum absolute atomic E-state index is 0.0672. The van der Waals surface area contributed by atoms with Gasteiger partial charge in [0.05, 0.1) is 10.5 Å². The highest BCUT2D eigenvalue weighted by Crippen LogP contribution is 2.45. The molecule has 2 aliphatic carbocycles. The van der Waals surface area contributed by atoms with E-state index in [-0.39, 0.29) is 42.0 Å². The smallest absolute Gasteiger partial charge is 0.408 e. The Labute approximate surface area is 332 Å². The Morgan fingerprint density at radius 1 is 0.965 bits per heavy atom. The molecule has 57 heavy (non-hydrogen) atoms. The number of sulfonamides is 1. The van der Waals surface area contributed by atoms with Crippen LogP contribution in [0.3, 0.4) is 0 Å². The number of carbonyl (C=O) groups excluding carboxylic acids is 4. The van der Waals surface area contributed by atoms with E-state index in [0.29, 0.717) is 13.1 Å². The zero-order valence-corrected chi connectivity index (χ0v) is 33.1. The number of alkyl carbamates (subject to hydrolysis) is 1. The van der Waals surface area contributed by atoms with E-state index in [1.165, 1.54) is 16.4 Å². The van der Waals surface area contributed by atoms with E-state index in [1.807, 2.05) is 32.9 Å². The molecule has 15 heteroatoms. The van der Waals surface area contributed by atoms with Gasteiger partial charge in [-0.3, -0.25) is 19.3 Å². The van der Waals surface area contributed by atoms with E-state index in [2.05, 4.69) is 51.1 Å². The molecule has 3 aromatic carbocycles. The molecule has 4 amide bonds. The van der Waals surface area contributed by atoms with Gasteiger partial charge in [0, 0.05) is 31.6 Å². The number of rotatable bonds is 11. The first kappa shape index (κ1) is 39.9. The number of ether oxygens (including phenoxy) is 1. The minimum atomic E-state index is -4.47. The number of carboxylic acid groups (broad SMARTS) is 1. The fourth-order valence-corrected chi connectivity index (χ4v) is 9.64. The molecule has 5 atom stereocenters. The summed E-state index contributed by atoms with van der Waals surface area (Å²) in [7, 11) is -4.47. The van der Waals surface area contributed by atoms with Gasteiger partial charge < -0.3 is 25.4 Å². The maximum absolute atomic E-state index is 14.8. The number of aromatic carboxylic acids is 1. The highest BCUT2D eigenvalue weighted by molar-refractivity contribution is 7.90. The van der Waals surface area contributed by atoms with Crippen LogP contribution in [0.2, 0.25) is 0 Å². The van der Waals surface area contributed by atoms with Crippen LogP contribution in [0.4, 0.5) is 4.79 Å². The molecule has 2 aliphatic heterocycles. The summed E-state index contributed by atoms with van der Waals surface area (Å²) in [5, 5.41) is 17.2. The summed E-state index contributed by atoms with van der Waals surface area (Å²) in [5.41, 5.74) is -0.331. The van der Waals surface area contributed by atoms with E-state index in [0.717, 1.165) is 66.5 Å². The Kier molecular flexibility index (Phi) is 10.7. The first-order valence-electron chi connectivity index (χ1n) is 19.4. The maximum atomic E-state index is 14.8. The van der Waals surface area contributed by atoms with Crippen LogP contribution < -0.4 is 15.4 Å². The Morgan fingerprint density at radius 3 is 2.16 bits per heavy atom. The van der Waals surface area contributed by atoms with Crippen LogP contribution in [0.1, 0.15) is 80.8 Å². The highest BCUT2D eigenvalue weighted by atomic mass is 32.2. The van der Waals surface area contributed by atoms with Gasteiger partial charge in [-0.2, -0.15) is 0 Å². The third kappa shape index (κ3) is 7.99. The first-order chi connectivity index (χ1) is 27.0. The van der Waals surface area contributed by atoms with Gasteiger partial charge in [-0.15, -0.1) is 6.58 Å². The number of nitrogens with zero attached hydrogens (tertiary/aromatic N) is 2. The SMILES string of the molecule is C=C[C@@H]1C[C@]1(NC(=O)[C@@H]1C[C@@H](N2Cc3cccc4cccc(c34)C2)CN1C(=O)[C@@H](NC(=O)OC1CCCC1)C(C)(C)C)C(=O)NS(=O)(=O)c1ccc(C(=O)O)cc1. The predicted molar refractivity (Wildman–Crippen MR) is 210 cm³/mol. The van der Waals surface area contributed by atoms with Crippen LogP contribution in [-0.4, -0.2) is 89.4 Å². The van der Waals surface area contributed by atoms with E-state index in [9.17, 15) is 37.5 Å². The number of nitrogens with one attached hydrogen (secondary N) is 3. The number of hydrogen-bond acceptors (Lipinski definition) is 9. The van der Waals surface area contributed by atoms with Crippen molar-refractivity contribution in [3.63, 3.8) is 0 Å². The molecule has 3 aromatic rings.